The number of sulfonamides is 1. The molecule has 1 aromatic heterocycles. The summed E-state index contributed by atoms with van der Waals surface area (Å²) in [6, 6.07) is 6.98. The van der Waals surface area contributed by atoms with Crippen molar-refractivity contribution in [2.75, 3.05) is 13.7 Å². The van der Waals surface area contributed by atoms with Gasteiger partial charge in [-0.2, -0.15) is 18.2 Å². The van der Waals surface area contributed by atoms with Crippen LogP contribution in [-0.4, -0.2) is 42.3 Å². The van der Waals surface area contributed by atoms with Crippen LogP contribution in [0.25, 0.3) is 0 Å². The summed E-state index contributed by atoms with van der Waals surface area (Å²) in [5, 5.41) is 3.61. The van der Waals surface area contributed by atoms with Gasteiger partial charge in [-0.15, -0.1) is 0 Å². The Labute approximate surface area is 152 Å². The molecular weight excluding hydrogens is 364 g/mol. The second-order valence-corrected chi connectivity index (χ2v) is 8.04. The van der Waals surface area contributed by atoms with Crippen LogP contribution in [0.4, 0.5) is 8.78 Å². The predicted octanol–water partition coefficient (Wildman–Crippen LogP) is 3.12. The zero-order valence-electron chi connectivity index (χ0n) is 15.2. The highest BCUT2D eigenvalue weighted by atomic mass is 32.2. The lowest BCUT2D eigenvalue weighted by Crippen LogP contribution is -2.40. The lowest BCUT2D eigenvalue weighted by atomic mass is 10.1. The zero-order chi connectivity index (χ0) is 19.5. The summed E-state index contributed by atoms with van der Waals surface area (Å²) in [5.41, 5.74) is 1.83. The topological polar surface area (TPSA) is 64.4 Å². The van der Waals surface area contributed by atoms with E-state index in [4.69, 9.17) is 4.74 Å². The molecule has 26 heavy (non-hydrogen) atoms. The van der Waals surface area contributed by atoms with Gasteiger partial charge < -0.3 is 4.74 Å². The minimum Gasteiger partial charge on any atom is -0.383 e. The highest BCUT2D eigenvalue weighted by Gasteiger charge is 2.32. The van der Waals surface area contributed by atoms with Crippen molar-refractivity contribution in [1.29, 1.82) is 0 Å². The van der Waals surface area contributed by atoms with Crippen molar-refractivity contribution >= 4 is 10.0 Å². The third-order valence-electron chi connectivity index (χ3n) is 3.98. The average Bonchev–Trinajstić information content (AvgIpc) is 2.96. The van der Waals surface area contributed by atoms with E-state index in [1.807, 2.05) is 31.2 Å². The van der Waals surface area contributed by atoms with E-state index in [0.29, 0.717) is 4.68 Å². The fourth-order valence-electron chi connectivity index (χ4n) is 2.74. The molecule has 0 saturated carbocycles. The second-order valence-electron chi connectivity index (χ2n) is 6.18. The van der Waals surface area contributed by atoms with Crippen LogP contribution in [0.3, 0.4) is 0 Å². The molecule has 6 nitrogen and oxygen atoms in total. The zero-order valence-corrected chi connectivity index (χ0v) is 16.0. The van der Waals surface area contributed by atoms with Gasteiger partial charge in [-0.3, -0.25) is 0 Å². The molecule has 2 aromatic rings. The number of alkyl halides is 2. The highest BCUT2D eigenvalue weighted by molar-refractivity contribution is 7.89. The molecule has 1 aromatic carbocycles. The van der Waals surface area contributed by atoms with Crippen molar-refractivity contribution in [3.63, 3.8) is 0 Å². The van der Waals surface area contributed by atoms with Gasteiger partial charge in [0.2, 0.25) is 10.0 Å². The third kappa shape index (κ3) is 4.46. The molecule has 0 saturated heterocycles. The normalized spacial score (nSPS) is 13.5. The monoisotopic (exact) mass is 387 g/mol. The molecule has 0 fully saturated rings. The summed E-state index contributed by atoms with van der Waals surface area (Å²) in [6.45, 7) is 2.40. The lowest BCUT2D eigenvalue weighted by molar-refractivity contribution is 0.0561. The molecule has 0 aliphatic heterocycles. The van der Waals surface area contributed by atoms with Gasteiger partial charge in [0.1, 0.15) is 4.90 Å². The fraction of sp³-hybridized carbons (Fsp3) is 0.471. The predicted molar refractivity (Wildman–Crippen MR) is 93.5 cm³/mol. The van der Waals surface area contributed by atoms with Crippen molar-refractivity contribution in [3.05, 3.63) is 47.3 Å². The standard InChI is InChI=1S/C17H23F2N3O3S/c1-12-6-5-7-15(8-12)9-22(13(2)11-25-4)26(23,24)16-10-21(17(18)19)20-14(16)3/h5-8,10,13,17H,9,11H2,1-4H3. The van der Waals surface area contributed by atoms with Crippen LogP contribution in [0.1, 0.15) is 30.3 Å². The Balaban J connectivity index is 2.46. The first-order valence-electron chi connectivity index (χ1n) is 8.07. The first kappa shape index (κ1) is 20.5. The Hall–Kier alpha value is -1.84. The van der Waals surface area contributed by atoms with Gasteiger partial charge >= 0.3 is 6.55 Å². The molecule has 2 rings (SSSR count). The molecule has 9 heteroatoms. The number of rotatable bonds is 8. The quantitative estimate of drug-likeness (QED) is 0.698. The van der Waals surface area contributed by atoms with Gasteiger partial charge in [0.15, 0.2) is 0 Å². The lowest BCUT2D eigenvalue weighted by Gasteiger charge is -2.28. The van der Waals surface area contributed by atoms with Crippen LogP contribution in [0.15, 0.2) is 35.4 Å². The average molecular weight is 387 g/mol. The van der Waals surface area contributed by atoms with E-state index in [0.717, 1.165) is 17.3 Å². The van der Waals surface area contributed by atoms with E-state index >= 15 is 0 Å². The molecule has 0 amide bonds. The summed E-state index contributed by atoms with van der Waals surface area (Å²) >= 11 is 0. The van der Waals surface area contributed by atoms with Gasteiger partial charge in [-0.25, -0.2) is 13.1 Å². The Kier molecular flexibility index (Phi) is 6.48. The minimum absolute atomic E-state index is 0.0316. The minimum atomic E-state index is -4.04. The van der Waals surface area contributed by atoms with Gasteiger partial charge in [0.05, 0.1) is 18.5 Å². The summed E-state index contributed by atoms with van der Waals surface area (Å²) < 4.78 is 58.8. The van der Waals surface area contributed by atoms with E-state index in [2.05, 4.69) is 5.10 Å². The molecule has 144 valence electrons. The number of hydrogen-bond acceptors (Lipinski definition) is 4. The van der Waals surface area contributed by atoms with E-state index in [1.165, 1.54) is 18.3 Å². The SMILES string of the molecule is COCC(C)N(Cc1cccc(C)c1)S(=O)(=O)c1cn(C(F)F)nc1C. The molecule has 0 aliphatic carbocycles. The summed E-state index contributed by atoms with van der Waals surface area (Å²) in [5.74, 6) is 0. The van der Waals surface area contributed by atoms with Crippen molar-refractivity contribution in [2.45, 2.75) is 44.8 Å². The third-order valence-corrected chi connectivity index (χ3v) is 6.04. The molecule has 1 atom stereocenters. The first-order chi connectivity index (χ1) is 12.2. The van der Waals surface area contributed by atoms with E-state index in [9.17, 15) is 17.2 Å². The highest BCUT2D eigenvalue weighted by Crippen LogP contribution is 2.25. The van der Waals surface area contributed by atoms with Crippen LogP contribution >= 0.6 is 0 Å². The Morgan fingerprint density at radius 2 is 2.00 bits per heavy atom. The number of aromatic nitrogens is 2. The Morgan fingerprint density at radius 1 is 1.31 bits per heavy atom. The molecule has 0 aliphatic rings. The number of aryl methyl sites for hydroxylation is 2. The van der Waals surface area contributed by atoms with Crippen molar-refractivity contribution < 1.29 is 21.9 Å². The summed E-state index contributed by atoms with van der Waals surface area (Å²) in [6.07, 6.45) is 0.873. The summed E-state index contributed by atoms with van der Waals surface area (Å²) in [4.78, 5) is -0.228. The van der Waals surface area contributed by atoms with E-state index in [1.54, 1.807) is 6.92 Å². The fourth-order valence-corrected chi connectivity index (χ4v) is 4.50. The van der Waals surface area contributed by atoms with Crippen LogP contribution in [0.5, 0.6) is 0 Å². The van der Waals surface area contributed by atoms with Crippen molar-refractivity contribution in [2.24, 2.45) is 0 Å². The number of ether oxygens (including phenoxy) is 1. The molecule has 0 spiro atoms. The largest absolute Gasteiger partial charge is 0.383 e. The number of hydrogen-bond donors (Lipinski definition) is 0. The second kappa shape index (κ2) is 8.24. The van der Waals surface area contributed by atoms with Gasteiger partial charge in [0, 0.05) is 19.7 Å². The maximum absolute atomic E-state index is 13.2. The first-order valence-corrected chi connectivity index (χ1v) is 9.51. The molecule has 1 unspecified atom stereocenters. The van der Waals surface area contributed by atoms with Gasteiger partial charge in [-0.05, 0) is 26.3 Å². The number of nitrogens with zero attached hydrogens (tertiary/aromatic N) is 3. The number of halogens is 2. The van der Waals surface area contributed by atoms with Crippen LogP contribution < -0.4 is 0 Å². The van der Waals surface area contributed by atoms with Crippen molar-refractivity contribution in [1.82, 2.24) is 14.1 Å². The molecule has 0 radical (unpaired) electrons. The summed E-state index contributed by atoms with van der Waals surface area (Å²) in [7, 11) is -2.56. The molecule has 0 bridgehead atoms. The maximum atomic E-state index is 13.2. The van der Waals surface area contributed by atoms with Gasteiger partial charge in [0.25, 0.3) is 0 Å². The van der Waals surface area contributed by atoms with Gasteiger partial charge in [-0.1, -0.05) is 29.8 Å². The Bertz CT molecular complexity index is 853. The number of benzene rings is 1. The smallest absolute Gasteiger partial charge is 0.333 e. The van der Waals surface area contributed by atoms with Crippen LogP contribution in [0, 0.1) is 13.8 Å². The van der Waals surface area contributed by atoms with Crippen LogP contribution in [-0.2, 0) is 21.3 Å². The van der Waals surface area contributed by atoms with Crippen LogP contribution in [0.2, 0.25) is 0 Å². The van der Waals surface area contributed by atoms with E-state index < -0.39 is 22.6 Å². The van der Waals surface area contributed by atoms with Crippen molar-refractivity contribution in [3.8, 4) is 0 Å². The molecule has 0 N–H and O–H groups in total. The maximum Gasteiger partial charge on any atom is 0.333 e. The Morgan fingerprint density at radius 3 is 2.54 bits per heavy atom. The number of methoxy groups -OCH3 is 1. The molecular formula is C17H23F2N3O3S. The van der Waals surface area contributed by atoms with E-state index in [-0.39, 0.29) is 23.7 Å². The molecule has 1 heterocycles.